The van der Waals surface area contributed by atoms with Gasteiger partial charge in [-0.15, -0.1) is 0 Å². The minimum Gasteiger partial charge on any atom is -0.459 e. The largest absolute Gasteiger partial charge is 0.459 e. The Morgan fingerprint density at radius 3 is 3.20 bits per heavy atom. The summed E-state index contributed by atoms with van der Waals surface area (Å²) in [7, 11) is 0. The Kier molecular flexibility index (Phi) is 2.63. The maximum Gasteiger partial charge on any atom is 0.134 e. The van der Waals surface area contributed by atoms with Crippen LogP contribution in [0.4, 0.5) is 0 Å². The number of fused-ring (bicyclic) bond motifs is 2. The molecule has 4 heteroatoms. The quantitative estimate of drug-likeness (QED) is 0.792. The summed E-state index contributed by atoms with van der Waals surface area (Å²) in [5.41, 5.74) is 2.20. The van der Waals surface area contributed by atoms with Gasteiger partial charge < -0.3 is 14.3 Å². The number of benzene rings is 1. The van der Waals surface area contributed by atoms with Crippen LogP contribution >= 0.6 is 0 Å². The fraction of sp³-hybridized carbons (Fsp3) is 0.312. The van der Waals surface area contributed by atoms with Gasteiger partial charge in [0.05, 0.1) is 12.6 Å². The van der Waals surface area contributed by atoms with E-state index in [9.17, 15) is 0 Å². The van der Waals surface area contributed by atoms with Crippen molar-refractivity contribution in [2.24, 2.45) is 0 Å². The van der Waals surface area contributed by atoms with Crippen molar-refractivity contribution in [2.45, 2.75) is 32.5 Å². The Morgan fingerprint density at radius 2 is 2.30 bits per heavy atom. The van der Waals surface area contributed by atoms with Gasteiger partial charge in [-0.3, -0.25) is 0 Å². The molecule has 1 atom stereocenters. The number of para-hydroxylation sites is 1. The van der Waals surface area contributed by atoms with Gasteiger partial charge in [0.25, 0.3) is 0 Å². The Bertz CT molecular complexity index is 756. The lowest BCUT2D eigenvalue weighted by Crippen LogP contribution is -2.19. The molecule has 0 amide bonds. The third kappa shape index (κ3) is 1.76. The molecule has 2 aromatic heterocycles. The second-order valence-corrected chi connectivity index (χ2v) is 5.35. The van der Waals surface area contributed by atoms with Crippen LogP contribution < -0.4 is 5.32 Å². The van der Waals surface area contributed by atoms with Crippen LogP contribution in [0.1, 0.15) is 29.6 Å². The zero-order valence-electron chi connectivity index (χ0n) is 11.5. The molecular weight excluding hydrogens is 250 g/mol. The molecule has 0 radical (unpaired) electrons. The maximum absolute atomic E-state index is 5.94. The van der Waals surface area contributed by atoms with Crippen LogP contribution in [0.15, 0.2) is 41.1 Å². The molecule has 3 aromatic rings. The number of rotatable bonds is 3. The Hall–Kier alpha value is -2.07. The van der Waals surface area contributed by atoms with Gasteiger partial charge in [-0.2, -0.15) is 0 Å². The van der Waals surface area contributed by atoms with Gasteiger partial charge in [0.15, 0.2) is 0 Å². The Balaban J connectivity index is 1.56. The first-order valence-electron chi connectivity index (χ1n) is 7.04. The molecule has 20 heavy (non-hydrogen) atoms. The second kappa shape index (κ2) is 4.49. The summed E-state index contributed by atoms with van der Waals surface area (Å²) in [4.78, 5) is 4.43. The molecule has 0 spiro atoms. The van der Waals surface area contributed by atoms with Crippen LogP contribution in [0.3, 0.4) is 0 Å². The van der Waals surface area contributed by atoms with Gasteiger partial charge in [-0.1, -0.05) is 18.2 Å². The SMILES string of the molecule is Cc1c(CNC2CCn3ccnc32)oc2ccccc12. The fourth-order valence-electron chi connectivity index (χ4n) is 3.02. The van der Waals surface area contributed by atoms with E-state index >= 15 is 0 Å². The molecule has 0 saturated heterocycles. The third-order valence-electron chi connectivity index (χ3n) is 4.17. The topological polar surface area (TPSA) is 43.0 Å². The number of furan rings is 1. The lowest BCUT2D eigenvalue weighted by Gasteiger charge is -2.10. The number of aryl methyl sites for hydroxylation is 2. The summed E-state index contributed by atoms with van der Waals surface area (Å²) in [6, 6.07) is 8.53. The minimum atomic E-state index is 0.331. The van der Waals surface area contributed by atoms with Crippen molar-refractivity contribution in [3.63, 3.8) is 0 Å². The minimum absolute atomic E-state index is 0.331. The summed E-state index contributed by atoms with van der Waals surface area (Å²) < 4.78 is 8.15. The Labute approximate surface area is 117 Å². The molecule has 1 aromatic carbocycles. The first-order chi connectivity index (χ1) is 9.83. The second-order valence-electron chi connectivity index (χ2n) is 5.35. The van der Waals surface area contributed by atoms with E-state index < -0.39 is 0 Å². The highest BCUT2D eigenvalue weighted by molar-refractivity contribution is 5.81. The summed E-state index contributed by atoms with van der Waals surface area (Å²) in [5, 5.41) is 4.77. The fourth-order valence-corrected chi connectivity index (χ4v) is 3.02. The van der Waals surface area contributed by atoms with Crippen molar-refractivity contribution in [2.75, 3.05) is 0 Å². The van der Waals surface area contributed by atoms with Crippen molar-refractivity contribution in [1.82, 2.24) is 14.9 Å². The van der Waals surface area contributed by atoms with E-state index in [1.165, 1.54) is 10.9 Å². The lowest BCUT2D eigenvalue weighted by atomic mass is 10.1. The van der Waals surface area contributed by atoms with E-state index in [0.29, 0.717) is 6.04 Å². The van der Waals surface area contributed by atoms with Gasteiger partial charge in [0.2, 0.25) is 0 Å². The number of nitrogens with one attached hydrogen (secondary N) is 1. The number of aromatic nitrogens is 2. The van der Waals surface area contributed by atoms with Gasteiger partial charge in [-0.05, 0) is 25.0 Å². The molecule has 1 unspecified atom stereocenters. The van der Waals surface area contributed by atoms with Crippen molar-refractivity contribution >= 4 is 11.0 Å². The lowest BCUT2D eigenvalue weighted by molar-refractivity contribution is 0.458. The van der Waals surface area contributed by atoms with E-state index in [0.717, 1.165) is 36.7 Å². The molecule has 4 rings (SSSR count). The molecule has 0 saturated carbocycles. The van der Waals surface area contributed by atoms with Crippen LogP contribution in [-0.4, -0.2) is 9.55 Å². The number of imidazole rings is 1. The zero-order chi connectivity index (χ0) is 13.5. The number of hydrogen-bond donors (Lipinski definition) is 1. The van der Waals surface area contributed by atoms with E-state index in [-0.39, 0.29) is 0 Å². The van der Waals surface area contributed by atoms with Gasteiger partial charge >= 0.3 is 0 Å². The van der Waals surface area contributed by atoms with Crippen LogP contribution in [-0.2, 0) is 13.1 Å². The summed E-state index contributed by atoms with van der Waals surface area (Å²) in [6.45, 7) is 3.92. The van der Waals surface area contributed by atoms with E-state index in [4.69, 9.17) is 4.42 Å². The van der Waals surface area contributed by atoms with Gasteiger partial charge in [0, 0.05) is 24.3 Å². The van der Waals surface area contributed by atoms with E-state index in [1.807, 2.05) is 24.5 Å². The molecule has 0 bridgehead atoms. The molecule has 102 valence electrons. The monoisotopic (exact) mass is 267 g/mol. The van der Waals surface area contributed by atoms with Gasteiger partial charge in [0.1, 0.15) is 17.2 Å². The summed E-state index contributed by atoms with van der Waals surface area (Å²) in [5.74, 6) is 2.16. The van der Waals surface area contributed by atoms with E-state index in [1.54, 1.807) is 0 Å². The highest BCUT2D eigenvalue weighted by atomic mass is 16.3. The van der Waals surface area contributed by atoms with Crippen LogP contribution in [0.25, 0.3) is 11.0 Å². The molecule has 0 aliphatic carbocycles. The molecule has 1 aliphatic rings. The van der Waals surface area contributed by atoms with Gasteiger partial charge in [-0.25, -0.2) is 4.98 Å². The van der Waals surface area contributed by atoms with Crippen LogP contribution in [0, 0.1) is 6.92 Å². The molecule has 1 N–H and O–H groups in total. The highest BCUT2D eigenvalue weighted by Crippen LogP contribution is 2.27. The standard InChI is InChI=1S/C16H17N3O/c1-11-12-4-2-3-5-14(12)20-15(11)10-18-13-6-8-19-9-7-17-16(13)19/h2-5,7,9,13,18H,6,8,10H2,1H3. The van der Waals surface area contributed by atoms with Crippen molar-refractivity contribution in [3.05, 3.63) is 53.8 Å². The first-order valence-corrected chi connectivity index (χ1v) is 7.04. The average molecular weight is 267 g/mol. The molecule has 3 heterocycles. The molecular formula is C16H17N3O. The summed E-state index contributed by atoms with van der Waals surface area (Å²) in [6.07, 6.45) is 5.02. The normalized spacial score (nSPS) is 17.8. The predicted octanol–water partition coefficient (Wildman–Crippen LogP) is 3.17. The molecule has 4 nitrogen and oxygen atoms in total. The van der Waals surface area contributed by atoms with Crippen LogP contribution in [0.2, 0.25) is 0 Å². The van der Waals surface area contributed by atoms with Crippen molar-refractivity contribution in [1.29, 1.82) is 0 Å². The highest BCUT2D eigenvalue weighted by Gasteiger charge is 2.23. The van der Waals surface area contributed by atoms with Crippen molar-refractivity contribution < 1.29 is 4.42 Å². The van der Waals surface area contributed by atoms with Crippen molar-refractivity contribution in [3.8, 4) is 0 Å². The molecule has 1 aliphatic heterocycles. The summed E-state index contributed by atoms with van der Waals surface area (Å²) >= 11 is 0. The number of nitrogens with zero attached hydrogens (tertiary/aromatic N) is 2. The first kappa shape index (κ1) is 11.7. The van der Waals surface area contributed by atoms with Crippen LogP contribution in [0.5, 0.6) is 0 Å². The zero-order valence-corrected chi connectivity index (χ0v) is 11.5. The smallest absolute Gasteiger partial charge is 0.134 e. The third-order valence-corrected chi connectivity index (χ3v) is 4.17. The maximum atomic E-state index is 5.94. The Morgan fingerprint density at radius 1 is 1.40 bits per heavy atom. The molecule has 0 fully saturated rings. The number of hydrogen-bond acceptors (Lipinski definition) is 3. The average Bonchev–Trinajstić information content (AvgIpc) is 3.13. The predicted molar refractivity (Wildman–Crippen MR) is 77.4 cm³/mol. The van der Waals surface area contributed by atoms with E-state index in [2.05, 4.69) is 33.9 Å².